The van der Waals surface area contributed by atoms with E-state index in [-0.39, 0.29) is 16.6 Å². The number of amides is 1. The lowest BCUT2D eigenvalue weighted by Crippen LogP contribution is -2.19. The summed E-state index contributed by atoms with van der Waals surface area (Å²) in [6.07, 6.45) is 2.91. The van der Waals surface area contributed by atoms with Gasteiger partial charge in [-0.2, -0.15) is 0 Å². The van der Waals surface area contributed by atoms with E-state index in [9.17, 15) is 28.1 Å². The van der Waals surface area contributed by atoms with E-state index in [2.05, 4.69) is 12.2 Å². The van der Waals surface area contributed by atoms with Crippen LogP contribution in [0.15, 0.2) is 23.1 Å². The number of non-ortho nitro benzene ring substituents is 1. The molecule has 1 atom stereocenters. The number of nitro groups is 1. The fourth-order valence-electron chi connectivity index (χ4n) is 3.54. The lowest BCUT2D eigenvalue weighted by molar-refractivity contribution is -0.385. The number of fused-ring (bicyclic) bond motifs is 1. The van der Waals surface area contributed by atoms with E-state index in [0.717, 1.165) is 47.7 Å². The van der Waals surface area contributed by atoms with Crippen molar-refractivity contribution in [2.75, 3.05) is 11.6 Å². The Kier molecular flexibility index (Phi) is 6.70. The quantitative estimate of drug-likeness (QED) is 0.375. The first-order valence-electron chi connectivity index (χ1n) is 10.0. The van der Waals surface area contributed by atoms with Crippen LogP contribution in [0.3, 0.4) is 0 Å². The normalized spacial score (nSPS) is 15.8. The van der Waals surface area contributed by atoms with Crippen molar-refractivity contribution in [3.8, 4) is 0 Å². The average molecular weight is 481 g/mol. The molecule has 1 unspecified atom stereocenters. The Labute approximate surface area is 189 Å². The van der Waals surface area contributed by atoms with Crippen LogP contribution < -0.4 is 5.32 Å². The van der Waals surface area contributed by atoms with E-state index >= 15 is 0 Å². The number of carbonyl (C=O) groups excluding carboxylic acids is 2. The van der Waals surface area contributed by atoms with E-state index in [1.807, 2.05) is 0 Å². The van der Waals surface area contributed by atoms with Crippen LogP contribution >= 0.6 is 11.3 Å². The Balaban J connectivity index is 2.03. The van der Waals surface area contributed by atoms with E-state index in [1.54, 1.807) is 13.8 Å². The molecule has 0 radical (unpaired) electrons. The first-order chi connectivity index (χ1) is 14.9. The molecule has 32 heavy (non-hydrogen) atoms. The molecule has 0 fully saturated rings. The van der Waals surface area contributed by atoms with Crippen LogP contribution in [-0.4, -0.2) is 37.6 Å². The summed E-state index contributed by atoms with van der Waals surface area (Å²) in [5.74, 6) is -0.852. The van der Waals surface area contributed by atoms with Crippen LogP contribution in [0.1, 0.15) is 58.3 Å². The Hall–Kier alpha value is -2.79. The van der Waals surface area contributed by atoms with Crippen molar-refractivity contribution >= 4 is 43.7 Å². The highest BCUT2D eigenvalue weighted by Gasteiger charge is 2.30. The number of rotatable bonds is 6. The largest absolute Gasteiger partial charge is 0.459 e. The van der Waals surface area contributed by atoms with Crippen molar-refractivity contribution < 1.29 is 27.7 Å². The molecule has 1 aromatic carbocycles. The second kappa shape index (κ2) is 8.99. The lowest BCUT2D eigenvalue weighted by atomic mass is 9.88. The Morgan fingerprint density at radius 3 is 2.56 bits per heavy atom. The van der Waals surface area contributed by atoms with Crippen LogP contribution in [-0.2, 0) is 27.4 Å². The van der Waals surface area contributed by atoms with Gasteiger partial charge in [-0.25, -0.2) is 13.2 Å². The molecule has 1 aliphatic rings. The molecule has 172 valence electrons. The van der Waals surface area contributed by atoms with Crippen molar-refractivity contribution in [1.29, 1.82) is 0 Å². The maximum Gasteiger partial charge on any atom is 0.341 e. The van der Waals surface area contributed by atoms with Crippen LogP contribution in [0, 0.1) is 16.0 Å². The van der Waals surface area contributed by atoms with Gasteiger partial charge in [0.25, 0.3) is 11.6 Å². The van der Waals surface area contributed by atoms with Crippen LogP contribution in [0.2, 0.25) is 0 Å². The van der Waals surface area contributed by atoms with E-state index < -0.39 is 32.3 Å². The van der Waals surface area contributed by atoms with Crippen LogP contribution in [0.5, 0.6) is 0 Å². The molecule has 0 saturated carbocycles. The van der Waals surface area contributed by atoms with Gasteiger partial charge in [0, 0.05) is 28.8 Å². The number of ether oxygens (including phenoxy) is 1. The minimum Gasteiger partial charge on any atom is -0.459 e. The van der Waals surface area contributed by atoms with Gasteiger partial charge in [0.1, 0.15) is 5.00 Å². The molecule has 1 aromatic heterocycles. The van der Waals surface area contributed by atoms with Crippen molar-refractivity contribution in [2.45, 2.75) is 51.0 Å². The molecule has 2 aromatic rings. The molecular formula is C21H24N2O7S2. The van der Waals surface area contributed by atoms with Crippen molar-refractivity contribution in [3.05, 3.63) is 49.9 Å². The fraction of sp³-hybridized carbons (Fsp3) is 0.429. The van der Waals surface area contributed by atoms with Gasteiger partial charge in [0.15, 0.2) is 9.84 Å². The molecule has 0 aliphatic heterocycles. The zero-order valence-corrected chi connectivity index (χ0v) is 19.8. The predicted octanol–water partition coefficient (Wildman–Crippen LogP) is 4.00. The van der Waals surface area contributed by atoms with Crippen LogP contribution in [0.4, 0.5) is 10.7 Å². The molecule has 1 heterocycles. The molecular weight excluding hydrogens is 456 g/mol. The highest BCUT2D eigenvalue weighted by Crippen LogP contribution is 2.40. The predicted molar refractivity (Wildman–Crippen MR) is 120 cm³/mol. The summed E-state index contributed by atoms with van der Waals surface area (Å²) in [6.45, 7) is 5.57. The molecule has 0 saturated heterocycles. The zero-order valence-electron chi connectivity index (χ0n) is 18.1. The number of hydrogen-bond acceptors (Lipinski definition) is 8. The lowest BCUT2D eigenvalue weighted by Gasteiger charge is -2.18. The van der Waals surface area contributed by atoms with Gasteiger partial charge < -0.3 is 10.1 Å². The third-order valence-corrected chi connectivity index (χ3v) is 7.34. The second-order valence-electron chi connectivity index (χ2n) is 8.21. The summed E-state index contributed by atoms with van der Waals surface area (Å²) in [4.78, 5) is 36.9. The summed E-state index contributed by atoms with van der Waals surface area (Å²) < 4.78 is 29.3. The minimum atomic E-state index is -3.79. The summed E-state index contributed by atoms with van der Waals surface area (Å²) in [7, 11) is -3.79. The number of carbonyl (C=O) groups is 2. The third kappa shape index (κ3) is 5.16. The van der Waals surface area contributed by atoms with Gasteiger partial charge >= 0.3 is 5.97 Å². The molecule has 1 amide bonds. The molecule has 11 heteroatoms. The number of nitrogens with zero attached hydrogens (tertiary/aromatic N) is 1. The maximum absolute atomic E-state index is 13.0. The Morgan fingerprint density at radius 1 is 1.28 bits per heavy atom. The minimum absolute atomic E-state index is 0.192. The summed E-state index contributed by atoms with van der Waals surface area (Å²) in [6, 6.07) is 2.99. The Morgan fingerprint density at radius 2 is 1.97 bits per heavy atom. The molecule has 3 rings (SSSR count). The maximum atomic E-state index is 13.0. The number of nitrogens with one attached hydrogen (secondary N) is 1. The third-order valence-electron chi connectivity index (χ3n) is 5.08. The first kappa shape index (κ1) is 23.9. The van der Waals surface area contributed by atoms with Gasteiger partial charge in [0.05, 0.1) is 21.5 Å². The monoisotopic (exact) mass is 480 g/mol. The van der Waals surface area contributed by atoms with Gasteiger partial charge in [0.2, 0.25) is 0 Å². The summed E-state index contributed by atoms with van der Waals surface area (Å²) in [5.41, 5.74) is 0.442. The highest BCUT2D eigenvalue weighted by molar-refractivity contribution is 7.90. The number of sulfone groups is 1. The van der Waals surface area contributed by atoms with Gasteiger partial charge in [-0.1, -0.05) is 6.92 Å². The van der Waals surface area contributed by atoms with Gasteiger partial charge in [-0.15, -0.1) is 11.3 Å². The number of benzene rings is 1. The molecule has 0 spiro atoms. The number of esters is 1. The van der Waals surface area contributed by atoms with Crippen molar-refractivity contribution in [3.63, 3.8) is 0 Å². The first-order valence-corrected chi connectivity index (χ1v) is 12.7. The van der Waals surface area contributed by atoms with E-state index in [4.69, 9.17) is 4.74 Å². The summed E-state index contributed by atoms with van der Waals surface area (Å²) >= 11 is 1.28. The number of thiophene rings is 1. The van der Waals surface area contributed by atoms with Crippen molar-refractivity contribution in [1.82, 2.24) is 0 Å². The molecule has 1 N–H and O–H groups in total. The number of anilines is 1. The molecule has 1 aliphatic carbocycles. The second-order valence-corrected chi connectivity index (χ2v) is 11.3. The van der Waals surface area contributed by atoms with Crippen LogP contribution in [0.25, 0.3) is 0 Å². The Bertz CT molecular complexity index is 1200. The molecule has 0 bridgehead atoms. The highest BCUT2D eigenvalue weighted by atomic mass is 32.2. The smallest absolute Gasteiger partial charge is 0.341 e. The summed E-state index contributed by atoms with van der Waals surface area (Å²) in [5, 5.41) is 14.2. The fourth-order valence-corrected chi connectivity index (χ4v) is 5.61. The SMILES string of the molecule is CC1CCc2c(sc(NC(=O)c3cc([N+](=O)[O-])cc(S(C)(=O)=O)c3)c2C(=O)OC(C)C)C1. The van der Waals surface area contributed by atoms with Crippen molar-refractivity contribution in [2.24, 2.45) is 5.92 Å². The van der Waals surface area contributed by atoms with E-state index in [0.29, 0.717) is 22.9 Å². The van der Waals surface area contributed by atoms with Gasteiger partial charge in [-0.3, -0.25) is 14.9 Å². The standard InChI is InChI=1S/C21H24N2O7S2/c1-11(2)30-21(25)18-16-6-5-12(3)7-17(16)31-20(18)22-19(24)13-8-14(23(26)27)10-15(9-13)32(4,28)29/h8-12H,5-7H2,1-4H3,(H,22,24). The van der Waals surface area contributed by atoms with E-state index in [1.165, 1.54) is 11.3 Å². The van der Waals surface area contributed by atoms with Gasteiger partial charge in [-0.05, 0) is 50.7 Å². The number of hydrogen-bond donors (Lipinski definition) is 1. The number of nitro benzene ring substituents is 1. The average Bonchev–Trinajstić information content (AvgIpc) is 3.03. The topological polar surface area (TPSA) is 133 Å². The zero-order chi connectivity index (χ0) is 23.8. The molecule has 9 nitrogen and oxygen atoms in total.